The van der Waals surface area contributed by atoms with Crippen molar-refractivity contribution in [3.05, 3.63) is 34.3 Å². The van der Waals surface area contributed by atoms with Crippen molar-refractivity contribution in [2.24, 2.45) is 0 Å². The molecule has 0 aliphatic heterocycles. The van der Waals surface area contributed by atoms with E-state index in [1.54, 1.807) is 0 Å². The number of nitrogens with zero attached hydrogens (tertiary/aromatic N) is 1. The summed E-state index contributed by atoms with van der Waals surface area (Å²) in [6.45, 7) is 3.90. The molecule has 0 unspecified atom stereocenters. The first-order chi connectivity index (χ1) is 6.59. The lowest BCUT2D eigenvalue weighted by molar-refractivity contribution is 1.32. The lowest BCUT2D eigenvalue weighted by Gasteiger charge is -2.06. The van der Waals surface area contributed by atoms with Gasteiger partial charge in [0.15, 0.2) is 0 Å². The number of benzene rings is 1. The van der Waals surface area contributed by atoms with E-state index in [1.165, 1.54) is 0 Å². The van der Waals surface area contributed by atoms with Crippen LogP contribution in [-0.4, -0.2) is 4.98 Å². The summed E-state index contributed by atoms with van der Waals surface area (Å²) in [6.07, 6.45) is 0. The van der Waals surface area contributed by atoms with Crippen LogP contribution in [0.1, 0.15) is 11.1 Å². The molecule has 1 aromatic carbocycles. The van der Waals surface area contributed by atoms with Crippen molar-refractivity contribution >= 4 is 28.3 Å². The summed E-state index contributed by atoms with van der Waals surface area (Å²) < 4.78 is 0. The summed E-state index contributed by atoms with van der Waals surface area (Å²) in [5.74, 6) is 0.572. The number of hydrogen-bond donors (Lipinski definition) is 1. The molecule has 1 heterocycles. The molecule has 72 valence electrons. The number of aromatic nitrogens is 1. The van der Waals surface area contributed by atoms with E-state index in [0.29, 0.717) is 5.82 Å². The molecule has 0 atom stereocenters. The van der Waals surface area contributed by atoms with Crippen LogP contribution in [0.2, 0.25) is 5.02 Å². The molecule has 2 aromatic rings. The summed E-state index contributed by atoms with van der Waals surface area (Å²) in [7, 11) is 0. The Bertz CT molecular complexity index is 506. The van der Waals surface area contributed by atoms with Gasteiger partial charge in [-0.15, -0.1) is 0 Å². The summed E-state index contributed by atoms with van der Waals surface area (Å²) in [4.78, 5) is 4.33. The van der Waals surface area contributed by atoms with Crippen LogP contribution in [0.4, 0.5) is 5.82 Å². The standard InChI is InChI=1S/C11H11ClN2/c1-6-5-8-3-4-9(12)7(2)10(8)14-11(6)13/h3-5H,1-2H3,(H2,13,14). The molecular weight excluding hydrogens is 196 g/mol. The molecule has 0 spiro atoms. The molecule has 0 amide bonds. The Balaban J connectivity index is 2.89. The number of nitrogen functional groups attached to an aromatic ring is 1. The van der Waals surface area contributed by atoms with Gasteiger partial charge in [0, 0.05) is 10.4 Å². The zero-order valence-corrected chi connectivity index (χ0v) is 8.89. The minimum atomic E-state index is 0.572. The van der Waals surface area contributed by atoms with Gasteiger partial charge in [0.1, 0.15) is 5.82 Å². The van der Waals surface area contributed by atoms with E-state index < -0.39 is 0 Å². The first-order valence-electron chi connectivity index (χ1n) is 4.41. The van der Waals surface area contributed by atoms with E-state index in [2.05, 4.69) is 4.98 Å². The van der Waals surface area contributed by atoms with Gasteiger partial charge in [-0.05, 0) is 37.1 Å². The number of hydrogen-bond acceptors (Lipinski definition) is 2. The van der Waals surface area contributed by atoms with Crippen LogP contribution in [0.5, 0.6) is 0 Å². The molecule has 0 fully saturated rings. The maximum Gasteiger partial charge on any atom is 0.127 e. The molecular formula is C11H11ClN2. The first kappa shape index (κ1) is 9.28. The lowest BCUT2D eigenvalue weighted by Crippen LogP contribution is -1.95. The van der Waals surface area contributed by atoms with Crippen molar-refractivity contribution in [2.75, 3.05) is 5.73 Å². The van der Waals surface area contributed by atoms with E-state index in [9.17, 15) is 0 Å². The normalized spacial score (nSPS) is 10.8. The predicted octanol–water partition coefficient (Wildman–Crippen LogP) is 3.09. The largest absolute Gasteiger partial charge is 0.383 e. The highest BCUT2D eigenvalue weighted by Gasteiger charge is 2.05. The van der Waals surface area contributed by atoms with E-state index in [4.69, 9.17) is 17.3 Å². The fourth-order valence-electron chi connectivity index (χ4n) is 1.48. The first-order valence-corrected chi connectivity index (χ1v) is 4.79. The van der Waals surface area contributed by atoms with Crippen molar-refractivity contribution in [3.63, 3.8) is 0 Å². The summed E-state index contributed by atoms with van der Waals surface area (Å²) in [5.41, 5.74) is 8.62. The molecule has 2 rings (SSSR count). The van der Waals surface area contributed by atoms with Crippen LogP contribution < -0.4 is 5.73 Å². The van der Waals surface area contributed by atoms with E-state index in [-0.39, 0.29) is 0 Å². The van der Waals surface area contributed by atoms with E-state index >= 15 is 0 Å². The molecule has 14 heavy (non-hydrogen) atoms. The van der Waals surface area contributed by atoms with E-state index in [1.807, 2.05) is 32.0 Å². The van der Waals surface area contributed by atoms with Crippen molar-refractivity contribution in [1.82, 2.24) is 4.98 Å². The molecule has 0 aliphatic carbocycles. The van der Waals surface area contributed by atoms with Gasteiger partial charge in [-0.3, -0.25) is 0 Å². The highest BCUT2D eigenvalue weighted by molar-refractivity contribution is 6.32. The highest BCUT2D eigenvalue weighted by Crippen LogP contribution is 2.25. The fourth-order valence-corrected chi connectivity index (χ4v) is 1.63. The summed E-state index contributed by atoms with van der Waals surface area (Å²) in [6, 6.07) is 5.88. The van der Waals surface area contributed by atoms with Crippen molar-refractivity contribution in [3.8, 4) is 0 Å². The lowest BCUT2D eigenvalue weighted by atomic mass is 10.1. The second kappa shape index (κ2) is 3.14. The Morgan fingerprint density at radius 2 is 2.00 bits per heavy atom. The number of nitrogens with two attached hydrogens (primary N) is 1. The number of rotatable bonds is 0. The van der Waals surface area contributed by atoms with Crippen LogP contribution in [-0.2, 0) is 0 Å². The fraction of sp³-hybridized carbons (Fsp3) is 0.182. The minimum absolute atomic E-state index is 0.572. The van der Waals surface area contributed by atoms with Gasteiger partial charge in [0.2, 0.25) is 0 Å². The van der Waals surface area contributed by atoms with E-state index in [0.717, 1.165) is 27.1 Å². The van der Waals surface area contributed by atoms with Crippen LogP contribution in [0.3, 0.4) is 0 Å². The number of pyridine rings is 1. The van der Waals surface area contributed by atoms with Crippen LogP contribution >= 0.6 is 11.6 Å². The smallest absolute Gasteiger partial charge is 0.127 e. The third-order valence-corrected chi connectivity index (χ3v) is 2.81. The van der Waals surface area contributed by atoms with Gasteiger partial charge in [0.25, 0.3) is 0 Å². The third-order valence-electron chi connectivity index (χ3n) is 2.40. The minimum Gasteiger partial charge on any atom is -0.383 e. The summed E-state index contributed by atoms with van der Waals surface area (Å²) >= 11 is 6.00. The van der Waals surface area contributed by atoms with Gasteiger partial charge in [0.05, 0.1) is 5.52 Å². The molecule has 0 bridgehead atoms. The van der Waals surface area contributed by atoms with Crippen molar-refractivity contribution in [1.29, 1.82) is 0 Å². The third kappa shape index (κ3) is 1.32. The van der Waals surface area contributed by atoms with Gasteiger partial charge in [-0.1, -0.05) is 17.7 Å². The highest BCUT2D eigenvalue weighted by atomic mass is 35.5. The maximum absolute atomic E-state index is 6.00. The van der Waals surface area contributed by atoms with Crippen LogP contribution in [0.25, 0.3) is 10.9 Å². The Morgan fingerprint density at radius 1 is 1.29 bits per heavy atom. The predicted molar refractivity (Wildman–Crippen MR) is 60.6 cm³/mol. The number of fused-ring (bicyclic) bond motifs is 1. The van der Waals surface area contributed by atoms with Crippen LogP contribution in [0, 0.1) is 13.8 Å². The quantitative estimate of drug-likeness (QED) is 0.720. The van der Waals surface area contributed by atoms with Gasteiger partial charge in [-0.25, -0.2) is 4.98 Å². The zero-order valence-electron chi connectivity index (χ0n) is 8.13. The summed E-state index contributed by atoms with van der Waals surface area (Å²) in [5, 5.41) is 1.81. The molecule has 0 saturated heterocycles. The average molecular weight is 207 g/mol. The Kier molecular flexibility index (Phi) is 2.08. The second-order valence-electron chi connectivity index (χ2n) is 3.43. The average Bonchev–Trinajstić information content (AvgIpc) is 2.15. The SMILES string of the molecule is Cc1cc2ccc(Cl)c(C)c2nc1N. The number of halogens is 1. The van der Waals surface area contributed by atoms with Gasteiger partial charge in [-0.2, -0.15) is 0 Å². The Labute approximate surface area is 87.7 Å². The van der Waals surface area contributed by atoms with Gasteiger partial charge >= 0.3 is 0 Å². The molecule has 2 N–H and O–H groups in total. The number of aryl methyl sites for hydroxylation is 2. The van der Waals surface area contributed by atoms with Crippen LogP contribution in [0.15, 0.2) is 18.2 Å². The molecule has 2 nitrogen and oxygen atoms in total. The Hall–Kier alpha value is -1.28. The monoisotopic (exact) mass is 206 g/mol. The van der Waals surface area contributed by atoms with Gasteiger partial charge < -0.3 is 5.73 Å². The maximum atomic E-state index is 6.00. The van der Waals surface area contributed by atoms with Crippen molar-refractivity contribution < 1.29 is 0 Å². The molecule has 0 saturated carbocycles. The zero-order chi connectivity index (χ0) is 10.3. The Morgan fingerprint density at radius 3 is 2.71 bits per heavy atom. The molecule has 0 aliphatic rings. The second-order valence-corrected chi connectivity index (χ2v) is 3.84. The molecule has 1 aromatic heterocycles. The number of anilines is 1. The molecule has 3 heteroatoms. The topological polar surface area (TPSA) is 38.9 Å². The van der Waals surface area contributed by atoms with Crippen molar-refractivity contribution in [2.45, 2.75) is 13.8 Å². The molecule has 0 radical (unpaired) electrons.